The maximum Gasteiger partial charge on any atom is 0.258 e. The lowest BCUT2D eigenvalue weighted by atomic mass is 9.81. The summed E-state index contributed by atoms with van der Waals surface area (Å²) in [6, 6.07) is 14.4. The molecule has 1 fully saturated rings. The number of nitrogens with zero attached hydrogens (tertiary/aromatic N) is 1. The molecule has 0 unspecified atom stereocenters. The van der Waals surface area contributed by atoms with Crippen molar-refractivity contribution in [1.82, 2.24) is 10.2 Å². The summed E-state index contributed by atoms with van der Waals surface area (Å²) in [6.07, 6.45) is 3.96. The third kappa shape index (κ3) is 3.84. The highest BCUT2D eigenvalue weighted by molar-refractivity contribution is 5.97. The Hall–Kier alpha value is -2.53. The van der Waals surface area contributed by atoms with Crippen LogP contribution in [0, 0.1) is 6.92 Å². The minimum absolute atomic E-state index is 0.000896. The number of benzene rings is 2. The molecule has 1 aliphatic carbocycles. The van der Waals surface area contributed by atoms with Gasteiger partial charge >= 0.3 is 0 Å². The Balaban J connectivity index is 1.70. The van der Waals surface area contributed by atoms with Crippen LogP contribution in [0.15, 0.2) is 42.5 Å². The van der Waals surface area contributed by atoms with Crippen molar-refractivity contribution in [1.29, 1.82) is 0 Å². The van der Waals surface area contributed by atoms with Crippen LogP contribution in [0.5, 0.6) is 11.5 Å². The van der Waals surface area contributed by atoms with E-state index >= 15 is 0 Å². The molecule has 4 rings (SSSR count). The predicted octanol–water partition coefficient (Wildman–Crippen LogP) is 3.94. The van der Waals surface area contributed by atoms with E-state index in [1.807, 2.05) is 55.3 Å². The topological polar surface area (TPSA) is 50.8 Å². The van der Waals surface area contributed by atoms with Crippen LogP contribution >= 0.6 is 0 Å². The Labute approximate surface area is 173 Å². The number of aryl methyl sites for hydroxylation is 1. The molecular weight excluding hydrogens is 364 g/mol. The van der Waals surface area contributed by atoms with Gasteiger partial charge in [-0.05, 0) is 57.4 Å². The summed E-state index contributed by atoms with van der Waals surface area (Å²) in [4.78, 5) is 15.6. The monoisotopic (exact) mass is 394 g/mol. The van der Waals surface area contributed by atoms with Crippen molar-refractivity contribution in [2.45, 2.75) is 50.8 Å². The Morgan fingerprint density at radius 2 is 1.93 bits per heavy atom. The second kappa shape index (κ2) is 8.07. The zero-order valence-electron chi connectivity index (χ0n) is 17.5. The summed E-state index contributed by atoms with van der Waals surface area (Å²) in [5, 5.41) is 3.39. The molecule has 1 N–H and O–H groups in total. The van der Waals surface area contributed by atoms with Crippen LogP contribution in [0.4, 0.5) is 0 Å². The standard InChI is InChI=1S/C24H30N2O3/c1-17-7-6-9-20(22(17)28-3)23(27)26-15-18-8-4-5-10-21(18)29-24(16-26)13-11-19(25-2)12-14-24/h4-10,19,25H,11-16H2,1-3H3. The molecule has 0 aromatic heterocycles. The molecule has 1 spiro atoms. The van der Waals surface area contributed by atoms with E-state index in [1.54, 1.807) is 7.11 Å². The van der Waals surface area contributed by atoms with Crippen LogP contribution in [-0.4, -0.2) is 43.2 Å². The third-order valence-electron chi connectivity index (χ3n) is 6.38. The fourth-order valence-corrected chi connectivity index (χ4v) is 4.71. The van der Waals surface area contributed by atoms with Crippen LogP contribution in [0.1, 0.15) is 47.2 Å². The number of hydrogen-bond donors (Lipinski definition) is 1. The van der Waals surface area contributed by atoms with Gasteiger partial charge in [-0.25, -0.2) is 0 Å². The van der Waals surface area contributed by atoms with E-state index < -0.39 is 0 Å². The van der Waals surface area contributed by atoms with Crippen LogP contribution in [-0.2, 0) is 6.54 Å². The summed E-state index contributed by atoms with van der Waals surface area (Å²) in [5.74, 6) is 1.56. The van der Waals surface area contributed by atoms with Crippen molar-refractivity contribution in [3.8, 4) is 11.5 Å². The summed E-state index contributed by atoms with van der Waals surface area (Å²) in [5.41, 5.74) is 2.30. The van der Waals surface area contributed by atoms with Crippen molar-refractivity contribution >= 4 is 5.91 Å². The molecule has 2 aromatic carbocycles. The van der Waals surface area contributed by atoms with E-state index in [-0.39, 0.29) is 11.5 Å². The van der Waals surface area contributed by atoms with Gasteiger partial charge in [-0.3, -0.25) is 4.79 Å². The van der Waals surface area contributed by atoms with Gasteiger partial charge in [0.1, 0.15) is 17.1 Å². The molecule has 1 aliphatic heterocycles. The Bertz CT molecular complexity index is 887. The highest BCUT2D eigenvalue weighted by Crippen LogP contribution is 2.39. The maximum atomic E-state index is 13.6. The lowest BCUT2D eigenvalue weighted by molar-refractivity contribution is 0.000353. The van der Waals surface area contributed by atoms with Gasteiger partial charge in [0.2, 0.25) is 0 Å². The average Bonchev–Trinajstić information content (AvgIpc) is 2.90. The summed E-state index contributed by atoms with van der Waals surface area (Å²) < 4.78 is 12.2. The number of methoxy groups -OCH3 is 1. The van der Waals surface area contributed by atoms with E-state index in [4.69, 9.17) is 9.47 Å². The molecule has 2 aliphatic rings. The molecule has 0 bridgehead atoms. The van der Waals surface area contributed by atoms with Gasteiger partial charge in [0, 0.05) is 18.2 Å². The molecule has 5 heteroatoms. The number of para-hydroxylation sites is 2. The molecule has 154 valence electrons. The number of ether oxygens (including phenoxy) is 2. The van der Waals surface area contributed by atoms with Gasteiger partial charge < -0.3 is 19.7 Å². The number of nitrogens with one attached hydrogen (secondary N) is 1. The molecule has 1 amide bonds. The fourth-order valence-electron chi connectivity index (χ4n) is 4.71. The lowest BCUT2D eigenvalue weighted by Crippen LogP contribution is -2.51. The van der Waals surface area contributed by atoms with Crippen molar-refractivity contribution in [3.63, 3.8) is 0 Å². The largest absolute Gasteiger partial charge is 0.496 e. The maximum absolute atomic E-state index is 13.6. The highest BCUT2D eigenvalue weighted by Gasteiger charge is 2.42. The number of amides is 1. The average molecular weight is 395 g/mol. The van der Waals surface area contributed by atoms with Crippen molar-refractivity contribution < 1.29 is 14.3 Å². The van der Waals surface area contributed by atoms with Gasteiger partial charge in [-0.15, -0.1) is 0 Å². The second-order valence-electron chi connectivity index (χ2n) is 8.27. The summed E-state index contributed by atoms with van der Waals surface area (Å²) in [6.45, 7) is 3.11. The zero-order valence-corrected chi connectivity index (χ0v) is 17.5. The minimum atomic E-state index is -0.341. The van der Waals surface area contributed by atoms with Crippen molar-refractivity contribution in [2.24, 2.45) is 0 Å². The molecule has 1 heterocycles. The molecule has 5 nitrogen and oxygen atoms in total. The first-order valence-corrected chi connectivity index (χ1v) is 10.4. The normalized spacial score (nSPS) is 23.8. The number of fused-ring (bicyclic) bond motifs is 1. The van der Waals surface area contributed by atoms with Crippen LogP contribution < -0.4 is 14.8 Å². The van der Waals surface area contributed by atoms with Gasteiger partial charge in [-0.2, -0.15) is 0 Å². The SMILES string of the molecule is CNC1CCC2(CC1)CN(C(=O)c1cccc(C)c1OC)Cc1ccccc1O2. The molecule has 29 heavy (non-hydrogen) atoms. The zero-order chi connectivity index (χ0) is 20.4. The number of hydrogen-bond acceptors (Lipinski definition) is 4. The summed E-state index contributed by atoms with van der Waals surface area (Å²) in [7, 11) is 3.65. The van der Waals surface area contributed by atoms with Crippen LogP contribution in [0.3, 0.4) is 0 Å². The molecular formula is C24H30N2O3. The lowest BCUT2D eigenvalue weighted by Gasteiger charge is -2.41. The minimum Gasteiger partial charge on any atom is -0.496 e. The van der Waals surface area contributed by atoms with E-state index in [0.29, 0.717) is 30.4 Å². The van der Waals surface area contributed by atoms with Gasteiger partial charge in [0.15, 0.2) is 0 Å². The van der Waals surface area contributed by atoms with E-state index in [1.165, 1.54) is 0 Å². The van der Waals surface area contributed by atoms with E-state index in [2.05, 4.69) is 11.4 Å². The molecule has 1 saturated carbocycles. The first-order valence-electron chi connectivity index (χ1n) is 10.4. The summed E-state index contributed by atoms with van der Waals surface area (Å²) >= 11 is 0. The number of carbonyl (C=O) groups excluding carboxylic acids is 1. The highest BCUT2D eigenvalue weighted by atomic mass is 16.5. The van der Waals surface area contributed by atoms with E-state index in [0.717, 1.165) is 42.6 Å². The van der Waals surface area contributed by atoms with Gasteiger partial charge in [-0.1, -0.05) is 30.3 Å². The fraction of sp³-hybridized carbons (Fsp3) is 0.458. The first kappa shape index (κ1) is 19.8. The van der Waals surface area contributed by atoms with Crippen LogP contribution in [0.25, 0.3) is 0 Å². The quantitative estimate of drug-likeness (QED) is 0.857. The van der Waals surface area contributed by atoms with Crippen molar-refractivity contribution in [3.05, 3.63) is 59.2 Å². The van der Waals surface area contributed by atoms with Gasteiger partial charge in [0.25, 0.3) is 5.91 Å². The third-order valence-corrected chi connectivity index (χ3v) is 6.38. The van der Waals surface area contributed by atoms with Crippen LogP contribution in [0.2, 0.25) is 0 Å². The Morgan fingerprint density at radius 1 is 1.17 bits per heavy atom. The second-order valence-corrected chi connectivity index (χ2v) is 8.27. The Morgan fingerprint density at radius 3 is 2.66 bits per heavy atom. The number of carbonyl (C=O) groups is 1. The van der Waals surface area contributed by atoms with E-state index in [9.17, 15) is 4.79 Å². The van der Waals surface area contributed by atoms with Crippen molar-refractivity contribution in [2.75, 3.05) is 20.7 Å². The van der Waals surface area contributed by atoms with Gasteiger partial charge in [0.05, 0.1) is 19.2 Å². The predicted molar refractivity (Wildman–Crippen MR) is 114 cm³/mol. The molecule has 0 saturated heterocycles. The molecule has 0 radical (unpaired) electrons. The molecule has 0 atom stereocenters. The number of rotatable bonds is 3. The Kier molecular flexibility index (Phi) is 5.50. The molecule has 2 aromatic rings. The smallest absolute Gasteiger partial charge is 0.258 e. The first-order chi connectivity index (χ1) is 14.0.